The summed E-state index contributed by atoms with van der Waals surface area (Å²) in [5.41, 5.74) is -0.138. The lowest BCUT2D eigenvalue weighted by molar-refractivity contribution is 0.120. The Bertz CT molecular complexity index is 301. The molecule has 0 bridgehead atoms. The van der Waals surface area contributed by atoms with E-state index in [1.165, 1.54) is 25.7 Å². The fourth-order valence-electron chi connectivity index (χ4n) is 3.48. The highest BCUT2D eigenvalue weighted by Gasteiger charge is 2.39. The molecule has 0 aromatic heterocycles. The molecule has 2 rings (SSSR count). The topological polar surface area (TPSA) is 61.4 Å². The van der Waals surface area contributed by atoms with Gasteiger partial charge in [0.2, 0.25) is 0 Å². The second-order valence-electron chi connectivity index (χ2n) is 6.56. The highest BCUT2D eigenvalue weighted by atomic mass is 16.3. The lowest BCUT2D eigenvalue weighted by Crippen LogP contribution is -2.50. The molecule has 2 aliphatic carbocycles. The van der Waals surface area contributed by atoms with E-state index in [2.05, 4.69) is 17.6 Å². The van der Waals surface area contributed by atoms with Crippen LogP contribution in [0.2, 0.25) is 0 Å². The normalized spacial score (nSPS) is 32.8. The van der Waals surface area contributed by atoms with E-state index in [0.29, 0.717) is 6.04 Å². The van der Waals surface area contributed by atoms with Gasteiger partial charge in [0.15, 0.2) is 0 Å². The molecule has 0 aromatic rings. The summed E-state index contributed by atoms with van der Waals surface area (Å²) >= 11 is 0. The van der Waals surface area contributed by atoms with Gasteiger partial charge in [0.25, 0.3) is 0 Å². The van der Waals surface area contributed by atoms with Gasteiger partial charge >= 0.3 is 6.03 Å². The molecular formula is C15H28N2O2. The molecule has 2 fully saturated rings. The Morgan fingerprint density at radius 1 is 1.11 bits per heavy atom. The lowest BCUT2D eigenvalue weighted by Gasteiger charge is -2.30. The van der Waals surface area contributed by atoms with Gasteiger partial charge in [-0.3, -0.25) is 0 Å². The first-order valence-electron chi connectivity index (χ1n) is 7.82. The Hall–Kier alpha value is -0.770. The Labute approximate surface area is 116 Å². The summed E-state index contributed by atoms with van der Waals surface area (Å²) in [7, 11) is 0. The highest BCUT2D eigenvalue weighted by Crippen LogP contribution is 2.37. The summed E-state index contributed by atoms with van der Waals surface area (Å²) in [6.45, 7) is 2.22. The van der Waals surface area contributed by atoms with Crippen LogP contribution in [0.25, 0.3) is 0 Å². The zero-order chi connectivity index (χ0) is 13.7. The monoisotopic (exact) mass is 268 g/mol. The average Bonchev–Trinajstić information content (AvgIpc) is 2.61. The van der Waals surface area contributed by atoms with Crippen LogP contribution in [0.1, 0.15) is 64.7 Å². The van der Waals surface area contributed by atoms with E-state index in [1.807, 2.05) is 0 Å². The molecular weight excluding hydrogens is 240 g/mol. The zero-order valence-electron chi connectivity index (χ0n) is 12.1. The molecule has 110 valence electrons. The minimum Gasteiger partial charge on any atom is -0.396 e. The summed E-state index contributed by atoms with van der Waals surface area (Å²) in [6.07, 6.45) is 10.3. The summed E-state index contributed by atoms with van der Waals surface area (Å²) in [6, 6.07) is 0.408. The number of urea groups is 1. The third-order valence-electron chi connectivity index (χ3n) is 4.94. The summed E-state index contributed by atoms with van der Waals surface area (Å²) in [4.78, 5) is 12.1. The van der Waals surface area contributed by atoms with Crippen LogP contribution in [-0.2, 0) is 0 Å². The summed E-state index contributed by atoms with van der Waals surface area (Å²) in [5, 5.41) is 15.7. The first-order valence-corrected chi connectivity index (χ1v) is 7.82. The van der Waals surface area contributed by atoms with Crippen molar-refractivity contribution in [1.82, 2.24) is 10.6 Å². The fourth-order valence-corrected chi connectivity index (χ4v) is 3.48. The molecule has 2 saturated carbocycles. The fraction of sp³-hybridized carbons (Fsp3) is 0.933. The van der Waals surface area contributed by atoms with Crippen LogP contribution in [0, 0.1) is 5.41 Å². The van der Waals surface area contributed by atoms with Gasteiger partial charge in [0.05, 0.1) is 6.61 Å². The van der Waals surface area contributed by atoms with Crippen LogP contribution < -0.4 is 10.6 Å². The molecule has 2 amide bonds. The molecule has 2 aliphatic rings. The Morgan fingerprint density at radius 2 is 1.79 bits per heavy atom. The molecule has 0 radical (unpaired) electrons. The third-order valence-corrected chi connectivity index (χ3v) is 4.94. The third kappa shape index (κ3) is 3.85. The zero-order valence-corrected chi connectivity index (χ0v) is 12.1. The summed E-state index contributed by atoms with van der Waals surface area (Å²) < 4.78 is 0. The Balaban J connectivity index is 1.80. The first-order chi connectivity index (χ1) is 9.14. The van der Waals surface area contributed by atoms with Gasteiger partial charge in [-0.1, -0.05) is 39.0 Å². The summed E-state index contributed by atoms with van der Waals surface area (Å²) in [5.74, 6) is 0. The predicted octanol–water partition coefficient (Wildman–Crippen LogP) is 2.56. The van der Waals surface area contributed by atoms with Gasteiger partial charge in [0.1, 0.15) is 0 Å². The molecule has 2 unspecified atom stereocenters. The van der Waals surface area contributed by atoms with Crippen LogP contribution in [-0.4, -0.2) is 29.8 Å². The van der Waals surface area contributed by atoms with Crippen molar-refractivity contribution < 1.29 is 9.90 Å². The minimum atomic E-state index is -0.138. The van der Waals surface area contributed by atoms with E-state index in [-0.39, 0.29) is 24.1 Å². The number of nitrogens with one attached hydrogen (secondary N) is 2. The molecule has 0 spiro atoms. The maximum absolute atomic E-state index is 12.1. The maximum atomic E-state index is 12.1. The van der Waals surface area contributed by atoms with E-state index in [4.69, 9.17) is 0 Å². The first kappa shape index (κ1) is 14.6. The Kier molecular flexibility index (Phi) is 5.08. The number of hydrogen-bond acceptors (Lipinski definition) is 2. The van der Waals surface area contributed by atoms with Gasteiger partial charge in [0, 0.05) is 17.5 Å². The maximum Gasteiger partial charge on any atom is 0.315 e. The molecule has 0 aromatic carbocycles. The number of carbonyl (C=O) groups excluding carboxylic acids is 1. The van der Waals surface area contributed by atoms with Gasteiger partial charge in [-0.05, 0) is 25.7 Å². The van der Waals surface area contributed by atoms with Crippen LogP contribution in [0.4, 0.5) is 4.79 Å². The number of aliphatic hydroxyl groups excluding tert-OH is 1. The number of hydrogen-bond donors (Lipinski definition) is 3. The van der Waals surface area contributed by atoms with Gasteiger partial charge in [-0.15, -0.1) is 0 Å². The van der Waals surface area contributed by atoms with Crippen LogP contribution in [0.3, 0.4) is 0 Å². The highest BCUT2D eigenvalue weighted by molar-refractivity contribution is 5.74. The number of amides is 2. The SMILES string of the molecule is CC1(CO)CCCC1NC(=O)NC1CCCCCC1. The van der Waals surface area contributed by atoms with Gasteiger partial charge in [-0.2, -0.15) is 0 Å². The van der Waals surface area contributed by atoms with E-state index < -0.39 is 0 Å². The Morgan fingerprint density at radius 3 is 2.42 bits per heavy atom. The molecule has 2 atom stereocenters. The second-order valence-corrected chi connectivity index (χ2v) is 6.56. The molecule has 0 aliphatic heterocycles. The van der Waals surface area contributed by atoms with Gasteiger partial charge < -0.3 is 15.7 Å². The number of rotatable bonds is 3. The molecule has 0 heterocycles. The smallest absolute Gasteiger partial charge is 0.315 e. The quantitative estimate of drug-likeness (QED) is 0.689. The van der Waals surface area contributed by atoms with Crippen molar-refractivity contribution in [3.05, 3.63) is 0 Å². The molecule has 4 heteroatoms. The standard InChI is InChI=1S/C15H28N2O2/c1-15(11-18)10-6-9-13(15)17-14(19)16-12-7-4-2-3-5-8-12/h12-13,18H,2-11H2,1H3,(H2,16,17,19). The van der Waals surface area contributed by atoms with Gasteiger partial charge in [-0.25, -0.2) is 4.79 Å². The van der Waals surface area contributed by atoms with E-state index in [1.54, 1.807) is 0 Å². The largest absolute Gasteiger partial charge is 0.396 e. The number of carbonyl (C=O) groups is 1. The van der Waals surface area contributed by atoms with Crippen molar-refractivity contribution in [1.29, 1.82) is 0 Å². The van der Waals surface area contributed by atoms with Crippen molar-refractivity contribution in [3.8, 4) is 0 Å². The number of aliphatic hydroxyl groups is 1. The molecule has 0 saturated heterocycles. The van der Waals surface area contributed by atoms with Crippen molar-refractivity contribution in [2.45, 2.75) is 76.8 Å². The predicted molar refractivity (Wildman–Crippen MR) is 76.0 cm³/mol. The average molecular weight is 268 g/mol. The van der Waals surface area contributed by atoms with Crippen molar-refractivity contribution >= 4 is 6.03 Å². The van der Waals surface area contributed by atoms with Crippen LogP contribution in [0.5, 0.6) is 0 Å². The van der Waals surface area contributed by atoms with Crippen molar-refractivity contribution in [2.75, 3.05) is 6.61 Å². The van der Waals surface area contributed by atoms with Crippen LogP contribution >= 0.6 is 0 Å². The van der Waals surface area contributed by atoms with Crippen LogP contribution in [0.15, 0.2) is 0 Å². The van der Waals surface area contributed by atoms with Crippen molar-refractivity contribution in [3.63, 3.8) is 0 Å². The van der Waals surface area contributed by atoms with E-state index in [0.717, 1.165) is 32.1 Å². The molecule has 4 nitrogen and oxygen atoms in total. The molecule has 19 heavy (non-hydrogen) atoms. The minimum absolute atomic E-state index is 0.0431. The lowest BCUT2D eigenvalue weighted by atomic mass is 9.86. The van der Waals surface area contributed by atoms with Crippen molar-refractivity contribution in [2.24, 2.45) is 5.41 Å². The van der Waals surface area contributed by atoms with E-state index in [9.17, 15) is 9.90 Å². The van der Waals surface area contributed by atoms with E-state index >= 15 is 0 Å². The second kappa shape index (κ2) is 6.60. The molecule has 3 N–H and O–H groups in total.